The van der Waals surface area contributed by atoms with E-state index in [1.165, 1.54) is 33.3 Å². The third-order valence-corrected chi connectivity index (χ3v) is 8.30. The summed E-state index contributed by atoms with van der Waals surface area (Å²) in [6, 6.07) is 15.8. The summed E-state index contributed by atoms with van der Waals surface area (Å²) in [4.78, 5) is 19.2. The zero-order valence-electron chi connectivity index (χ0n) is 31.5. The van der Waals surface area contributed by atoms with Crippen molar-refractivity contribution in [3.05, 3.63) is 89.5 Å². The average Bonchev–Trinajstić information content (AvgIpc) is 2.96. The normalized spacial score (nSPS) is 16.8. The van der Waals surface area contributed by atoms with Gasteiger partial charge < -0.3 is 14.5 Å². The first kappa shape index (κ1) is 42.9. The summed E-state index contributed by atoms with van der Waals surface area (Å²) in [6.07, 6.45) is -0.395. The number of halogens is 3. The number of hydrogen-bond donors (Lipinski definition) is 0. The van der Waals surface area contributed by atoms with Crippen molar-refractivity contribution < 1.29 is 22.7 Å². The molecule has 0 aromatic heterocycles. The molecule has 1 fully saturated rings. The van der Waals surface area contributed by atoms with E-state index in [2.05, 4.69) is 27.0 Å². The molecule has 3 rings (SSSR count). The third kappa shape index (κ3) is 16.8. The molecule has 270 valence electrons. The standard InChI is InChI=1S/C28H40FN3O2.2C6H11F/c1-21(2)20-34-25-12-10-23(11-13-25)16-31(5)19-28(33)32(17-24-8-6-22(3)7-9-24)27-14-15-30(4)18-26(27)29;2*1-5(2)6(3,4)7/h6-13,21,26-27H,14-20H2,1-5H3;2*1H2,2-4H3. The molecule has 48 heavy (non-hydrogen) atoms. The van der Waals surface area contributed by atoms with E-state index < -0.39 is 23.6 Å². The molecule has 0 N–H and O–H groups in total. The highest BCUT2D eigenvalue weighted by atomic mass is 19.1. The van der Waals surface area contributed by atoms with Crippen LogP contribution in [0, 0.1) is 12.8 Å². The van der Waals surface area contributed by atoms with Gasteiger partial charge in [-0.05, 0) is 109 Å². The maximum absolute atomic E-state index is 15.0. The topological polar surface area (TPSA) is 36.0 Å². The fourth-order valence-corrected chi connectivity index (χ4v) is 4.32. The summed E-state index contributed by atoms with van der Waals surface area (Å²) in [5, 5.41) is 0. The van der Waals surface area contributed by atoms with E-state index in [9.17, 15) is 13.6 Å². The minimum absolute atomic E-state index is 0.0304. The van der Waals surface area contributed by atoms with Crippen LogP contribution in [0.1, 0.15) is 78.5 Å². The molecule has 5 nitrogen and oxygen atoms in total. The molecule has 2 unspecified atom stereocenters. The Bertz CT molecular complexity index is 1240. The van der Waals surface area contributed by atoms with Crippen LogP contribution in [0.4, 0.5) is 13.2 Å². The van der Waals surface area contributed by atoms with E-state index in [-0.39, 0.29) is 12.5 Å². The number of rotatable bonds is 12. The molecule has 0 aliphatic carbocycles. The van der Waals surface area contributed by atoms with Crippen LogP contribution in [0.3, 0.4) is 0 Å². The molecule has 0 saturated carbocycles. The van der Waals surface area contributed by atoms with Gasteiger partial charge in [-0.25, -0.2) is 13.2 Å². The predicted octanol–water partition coefficient (Wildman–Crippen LogP) is 9.15. The van der Waals surface area contributed by atoms with Crippen molar-refractivity contribution in [2.45, 2.75) is 105 Å². The Morgan fingerprint density at radius 3 is 1.83 bits per heavy atom. The third-order valence-electron chi connectivity index (χ3n) is 8.30. The van der Waals surface area contributed by atoms with E-state index in [1.54, 1.807) is 18.7 Å². The summed E-state index contributed by atoms with van der Waals surface area (Å²) in [7, 11) is 3.87. The van der Waals surface area contributed by atoms with Crippen LogP contribution in [-0.2, 0) is 17.9 Å². The highest BCUT2D eigenvalue weighted by Crippen LogP contribution is 2.23. The van der Waals surface area contributed by atoms with Gasteiger partial charge in [-0.15, -0.1) is 0 Å². The fraction of sp³-hybridized carbons (Fsp3) is 0.575. The average molecular weight is 674 g/mol. The Kier molecular flexibility index (Phi) is 17.7. The van der Waals surface area contributed by atoms with Crippen molar-refractivity contribution >= 4 is 5.91 Å². The number of allylic oxidation sites excluding steroid dienone is 2. The zero-order valence-corrected chi connectivity index (χ0v) is 31.5. The van der Waals surface area contributed by atoms with Gasteiger partial charge in [0.15, 0.2) is 0 Å². The first-order chi connectivity index (χ1) is 22.1. The van der Waals surface area contributed by atoms with Crippen molar-refractivity contribution in [2.24, 2.45) is 5.92 Å². The SMILES string of the molecule is C=C(C)C(C)(C)F.C=C(C)C(C)(C)F.Cc1ccc(CN(C(=O)CN(C)Cc2ccc(OCC(C)C)cc2)C2CCN(C)CC2F)cc1. The molecule has 8 heteroatoms. The summed E-state index contributed by atoms with van der Waals surface area (Å²) in [5.74, 6) is 1.31. The predicted molar refractivity (Wildman–Crippen MR) is 196 cm³/mol. The van der Waals surface area contributed by atoms with E-state index in [0.29, 0.717) is 49.7 Å². The number of ether oxygens (including phenoxy) is 1. The molecule has 2 aromatic carbocycles. The smallest absolute Gasteiger partial charge is 0.237 e. The number of piperidine rings is 1. The monoisotopic (exact) mass is 673 g/mol. The van der Waals surface area contributed by atoms with Gasteiger partial charge in [0, 0.05) is 26.2 Å². The van der Waals surface area contributed by atoms with Gasteiger partial charge in [0.2, 0.25) is 5.91 Å². The van der Waals surface area contributed by atoms with Crippen molar-refractivity contribution in [3.63, 3.8) is 0 Å². The first-order valence-corrected chi connectivity index (χ1v) is 16.9. The first-order valence-electron chi connectivity index (χ1n) is 16.9. The van der Waals surface area contributed by atoms with Crippen LogP contribution in [-0.4, -0.2) is 84.5 Å². The number of aryl methyl sites for hydroxylation is 1. The van der Waals surface area contributed by atoms with E-state index in [1.807, 2.05) is 79.3 Å². The highest BCUT2D eigenvalue weighted by Gasteiger charge is 2.35. The van der Waals surface area contributed by atoms with Gasteiger partial charge in [0.1, 0.15) is 23.3 Å². The van der Waals surface area contributed by atoms with Crippen LogP contribution in [0.2, 0.25) is 0 Å². The van der Waals surface area contributed by atoms with Crippen molar-refractivity contribution in [3.8, 4) is 5.75 Å². The van der Waals surface area contributed by atoms with Gasteiger partial charge in [-0.1, -0.05) is 69.0 Å². The number of carbonyl (C=O) groups excluding carboxylic acids is 1. The molecular weight excluding hydrogens is 611 g/mol. The molecule has 0 bridgehead atoms. The van der Waals surface area contributed by atoms with Gasteiger partial charge in [-0.3, -0.25) is 9.69 Å². The molecule has 1 aliphatic rings. The van der Waals surface area contributed by atoms with Gasteiger partial charge in [0.25, 0.3) is 0 Å². The Morgan fingerprint density at radius 2 is 1.40 bits per heavy atom. The van der Waals surface area contributed by atoms with Crippen molar-refractivity contribution in [2.75, 3.05) is 40.3 Å². The Labute approximate surface area is 289 Å². The number of likely N-dealkylation sites (N-methyl/N-ethyl adjacent to an activating group) is 1. The molecule has 0 spiro atoms. The van der Waals surface area contributed by atoms with Crippen LogP contribution in [0.15, 0.2) is 72.8 Å². The molecule has 1 aliphatic heterocycles. The molecule has 2 aromatic rings. The largest absolute Gasteiger partial charge is 0.493 e. The summed E-state index contributed by atoms with van der Waals surface area (Å²) >= 11 is 0. The number of alkyl halides is 3. The molecular formula is C40H62F3N3O2. The minimum Gasteiger partial charge on any atom is -0.493 e. The zero-order chi connectivity index (χ0) is 36.8. The van der Waals surface area contributed by atoms with Crippen molar-refractivity contribution in [1.29, 1.82) is 0 Å². The van der Waals surface area contributed by atoms with Crippen LogP contribution >= 0.6 is 0 Å². The highest BCUT2D eigenvalue weighted by molar-refractivity contribution is 5.78. The quantitative estimate of drug-likeness (QED) is 0.211. The lowest BCUT2D eigenvalue weighted by Gasteiger charge is -2.40. The van der Waals surface area contributed by atoms with E-state index in [0.717, 1.165) is 23.4 Å². The van der Waals surface area contributed by atoms with Crippen LogP contribution in [0.5, 0.6) is 5.75 Å². The molecule has 1 heterocycles. The lowest BCUT2D eigenvalue weighted by atomic mass is 10.00. The summed E-state index contributed by atoms with van der Waals surface area (Å²) in [5.41, 5.74) is 2.08. The van der Waals surface area contributed by atoms with E-state index >= 15 is 4.39 Å². The Morgan fingerprint density at radius 1 is 0.938 bits per heavy atom. The number of hydrogen-bond acceptors (Lipinski definition) is 4. The van der Waals surface area contributed by atoms with Gasteiger partial charge >= 0.3 is 0 Å². The molecule has 0 radical (unpaired) electrons. The number of amides is 1. The molecule has 1 amide bonds. The van der Waals surface area contributed by atoms with Gasteiger partial charge in [0.05, 0.1) is 19.2 Å². The Balaban J connectivity index is 0.000000687. The van der Waals surface area contributed by atoms with E-state index in [4.69, 9.17) is 4.74 Å². The van der Waals surface area contributed by atoms with Crippen LogP contribution < -0.4 is 4.74 Å². The number of carbonyl (C=O) groups is 1. The lowest BCUT2D eigenvalue weighted by Crippen LogP contribution is -2.54. The second-order valence-electron chi connectivity index (χ2n) is 14.7. The van der Waals surface area contributed by atoms with Gasteiger partial charge in [-0.2, -0.15) is 0 Å². The minimum atomic E-state index is -1.19. The maximum Gasteiger partial charge on any atom is 0.237 e. The molecule has 1 saturated heterocycles. The molecule has 2 atom stereocenters. The fourth-order valence-electron chi connectivity index (χ4n) is 4.32. The maximum atomic E-state index is 15.0. The summed E-state index contributed by atoms with van der Waals surface area (Å²) in [6.45, 7) is 25.7. The Hall–Kier alpha value is -3.10. The number of benzene rings is 2. The second kappa shape index (κ2) is 19.8. The summed E-state index contributed by atoms with van der Waals surface area (Å²) < 4.78 is 45.6. The number of likely N-dealkylation sites (tertiary alicyclic amines) is 1. The number of nitrogens with zero attached hydrogens (tertiary/aromatic N) is 3. The lowest BCUT2D eigenvalue weighted by molar-refractivity contribution is -0.138. The van der Waals surface area contributed by atoms with Crippen LogP contribution in [0.25, 0.3) is 0 Å². The second-order valence-corrected chi connectivity index (χ2v) is 14.7. The van der Waals surface area contributed by atoms with Crippen molar-refractivity contribution in [1.82, 2.24) is 14.7 Å².